The quantitative estimate of drug-likeness (QED) is 0.375. The molecule has 2 N–H and O–H groups in total. The molecule has 0 aliphatic carbocycles. The maximum atomic E-state index is 12.5. The lowest BCUT2D eigenvalue weighted by atomic mass is 10.0. The van der Waals surface area contributed by atoms with Gasteiger partial charge in [0, 0.05) is 29.2 Å². The van der Waals surface area contributed by atoms with Gasteiger partial charge in [-0.05, 0) is 63.1 Å². The van der Waals surface area contributed by atoms with E-state index in [-0.39, 0.29) is 5.57 Å². The van der Waals surface area contributed by atoms with Gasteiger partial charge in [0.2, 0.25) is 0 Å². The highest BCUT2D eigenvalue weighted by Crippen LogP contribution is 2.23. The number of aromatic nitrogens is 1. The molecule has 1 aromatic heterocycles. The molecule has 0 fully saturated rings. The van der Waals surface area contributed by atoms with Crippen molar-refractivity contribution in [3.63, 3.8) is 0 Å². The molecular formula is C22H27F3N4. The molecule has 0 unspecified atom stereocenters. The second-order valence-corrected chi connectivity index (χ2v) is 6.25. The molecule has 29 heavy (non-hydrogen) atoms. The Morgan fingerprint density at radius 3 is 2.62 bits per heavy atom. The van der Waals surface area contributed by atoms with E-state index in [0.29, 0.717) is 17.5 Å². The maximum Gasteiger partial charge on any atom is 0.257 e. The first-order valence-corrected chi connectivity index (χ1v) is 9.11. The number of alkyl halides is 2. The second kappa shape index (κ2) is 12.4. The molecule has 1 rings (SSSR count). The predicted molar refractivity (Wildman–Crippen MR) is 116 cm³/mol. The van der Waals surface area contributed by atoms with Crippen LogP contribution in [-0.2, 0) is 0 Å². The van der Waals surface area contributed by atoms with E-state index >= 15 is 0 Å². The highest BCUT2D eigenvalue weighted by molar-refractivity contribution is 5.75. The predicted octanol–water partition coefficient (Wildman–Crippen LogP) is 5.94. The Morgan fingerprint density at radius 1 is 1.28 bits per heavy atom. The zero-order valence-electron chi connectivity index (χ0n) is 17.1. The molecule has 4 nitrogen and oxygen atoms in total. The Morgan fingerprint density at radius 2 is 2.00 bits per heavy atom. The Kier molecular flexibility index (Phi) is 10.2. The van der Waals surface area contributed by atoms with Crippen LogP contribution in [0.2, 0.25) is 0 Å². The van der Waals surface area contributed by atoms with Gasteiger partial charge in [0.1, 0.15) is 0 Å². The Hall–Kier alpha value is -3.09. The van der Waals surface area contributed by atoms with E-state index in [1.54, 1.807) is 6.20 Å². The van der Waals surface area contributed by atoms with Crippen molar-refractivity contribution in [2.24, 2.45) is 5.21 Å². The highest BCUT2D eigenvalue weighted by atomic mass is 19.3. The third-order valence-corrected chi connectivity index (χ3v) is 3.93. The van der Waals surface area contributed by atoms with Gasteiger partial charge in [-0.25, -0.2) is 8.78 Å². The van der Waals surface area contributed by atoms with Crippen LogP contribution in [-0.4, -0.2) is 24.2 Å². The first-order chi connectivity index (χ1) is 13.8. The van der Waals surface area contributed by atoms with Crippen LogP contribution in [0.3, 0.4) is 0 Å². The number of halogens is 3. The number of rotatable bonds is 10. The fourth-order valence-corrected chi connectivity index (χ4v) is 2.47. The highest BCUT2D eigenvalue weighted by Gasteiger charge is 2.07. The SMILES string of the molecule is C=C(Nc1cnc(C)c(/C(C)=C/C=C(\C)NCC)c1)C(/C=C/C(F)F)=C/C=N\F. The smallest absolute Gasteiger partial charge is 0.257 e. The molecule has 156 valence electrons. The Labute approximate surface area is 170 Å². The monoisotopic (exact) mass is 404 g/mol. The molecule has 1 aromatic rings. The summed E-state index contributed by atoms with van der Waals surface area (Å²) < 4.78 is 37.0. The first-order valence-electron chi connectivity index (χ1n) is 9.11. The van der Waals surface area contributed by atoms with E-state index in [9.17, 15) is 13.3 Å². The van der Waals surface area contributed by atoms with Gasteiger partial charge in [-0.3, -0.25) is 4.98 Å². The first kappa shape index (κ1) is 23.9. The standard InChI is InChI=1S/C22H27F3N4/c1-6-26-16(3)8-7-15(2)21-13-20(14-27-18(21)5)29-17(4)19(11-12-28-25)9-10-22(23)24/h7-14,22,26,29H,4,6H2,1-3,5H3/b10-9+,15-7+,16-8+,19-11+,28-12-. The fourth-order valence-electron chi connectivity index (χ4n) is 2.47. The van der Waals surface area contributed by atoms with Crippen molar-refractivity contribution in [3.8, 4) is 0 Å². The van der Waals surface area contributed by atoms with Crippen LogP contribution >= 0.6 is 0 Å². The summed E-state index contributed by atoms with van der Waals surface area (Å²) in [6.07, 6.45) is 6.93. The van der Waals surface area contributed by atoms with Gasteiger partial charge in [0.25, 0.3) is 6.43 Å². The number of nitrogens with zero attached hydrogens (tertiary/aromatic N) is 2. The normalized spacial score (nSPS) is 13.6. The largest absolute Gasteiger partial charge is 0.389 e. The summed E-state index contributed by atoms with van der Waals surface area (Å²) in [7, 11) is 0. The second-order valence-electron chi connectivity index (χ2n) is 6.25. The van der Waals surface area contributed by atoms with Crippen LogP contribution in [0, 0.1) is 6.92 Å². The summed E-state index contributed by atoms with van der Waals surface area (Å²) in [4.78, 5) is 4.39. The van der Waals surface area contributed by atoms with Gasteiger partial charge in [0.15, 0.2) is 0 Å². The number of pyridine rings is 1. The molecule has 0 spiro atoms. The van der Waals surface area contributed by atoms with Crippen LogP contribution < -0.4 is 10.6 Å². The van der Waals surface area contributed by atoms with Crippen molar-refractivity contribution in [2.75, 3.05) is 11.9 Å². The van der Waals surface area contributed by atoms with E-state index in [4.69, 9.17) is 0 Å². The summed E-state index contributed by atoms with van der Waals surface area (Å²) in [5.74, 6) is 0. The maximum absolute atomic E-state index is 12.5. The number of nitrogens with one attached hydrogen (secondary N) is 2. The minimum Gasteiger partial charge on any atom is -0.389 e. The summed E-state index contributed by atoms with van der Waals surface area (Å²) in [5.41, 5.74) is 5.05. The number of hydrogen-bond acceptors (Lipinski definition) is 4. The van der Waals surface area contributed by atoms with E-state index in [2.05, 4.69) is 27.4 Å². The molecular weight excluding hydrogens is 377 g/mol. The molecule has 7 heteroatoms. The third kappa shape index (κ3) is 8.64. The molecule has 0 radical (unpaired) electrons. The zero-order chi connectivity index (χ0) is 21.8. The summed E-state index contributed by atoms with van der Waals surface area (Å²) in [5, 5.41) is 8.62. The Bertz CT molecular complexity index is 850. The molecule has 0 saturated heterocycles. The van der Waals surface area contributed by atoms with Crippen LogP contribution in [0.15, 0.2) is 71.4 Å². The van der Waals surface area contributed by atoms with E-state index < -0.39 is 6.43 Å². The van der Waals surface area contributed by atoms with Crippen molar-refractivity contribution in [3.05, 3.63) is 77.4 Å². The van der Waals surface area contributed by atoms with Gasteiger partial charge in [-0.15, -0.1) is 0 Å². The molecule has 0 aromatic carbocycles. The average Bonchev–Trinajstić information content (AvgIpc) is 2.67. The fraction of sp³-hybridized carbons (Fsp3) is 0.273. The number of anilines is 1. The zero-order valence-corrected chi connectivity index (χ0v) is 17.1. The van der Waals surface area contributed by atoms with Gasteiger partial charge >= 0.3 is 0 Å². The number of allylic oxidation sites excluding steroid dienone is 7. The minimum atomic E-state index is -2.63. The molecule has 0 aliphatic rings. The molecule has 0 bridgehead atoms. The topological polar surface area (TPSA) is 49.3 Å². The Balaban J connectivity index is 3.11. The lowest BCUT2D eigenvalue weighted by Crippen LogP contribution is -2.08. The molecule has 0 amide bonds. The molecule has 0 atom stereocenters. The van der Waals surface area contributed by atoms with E-state index in [1.165, 1.54) is 6.08 Å². The summed E-state index contributed by atoms with van der Waals surface area (Å²) in [6.45, 7) is 12.6. The minimum absolute atomic E-state index is 0.269. The van der Waals surface area contributed by atoms with Crippen molar-refractivity contribution >= 4 is 17.5 Å². The number of hydrogen-bond donors (Lipinski definition) is 2. The van der Waals surface area contributed by atoms with Crippen LogP contribution in [0.1, 0.15) is 32.0 Å². The lowest BCUT2D eigenvalue weighted by Gasteiger charge is -2.13. The van der Waals surface area contributed by atoms with Crippen molar-refractivity contribution in [1.82, 2.24) is 10.3 Å². The lowest BCUT2D eigenvalue weighted by molar-refractivity contribution is 0.204. The van der Waals surface area contributed by atoms with Crippen molar-refractivity contribution in [1.29, 1.82) is 0 Å². The molecule has 1 heterocycles. The van der Waals surface area contributed by atoms with Gasteiger partial charge < -0.3 is 10.6 Å². The summed E-state index contributed by atoms with van der Waals surface area (Å²) in [6, 6.07) is 1.90. The van der Waals surface area contributed by atoms with E-state index in [0.717, 1.165) is 41.4 Å². The molecule has 0 saturated carbocycles. The van der Waals surface area contributed by atoms with Crippen LogP contribution in [0.4, 0.5) is 18.9 Å². The van der Waals surface area contributed by atoms with E-state index in [1.807, 2.05) is 45.9 Å². The van der Waals surface area contributed by atoms with Gasteiger partial charge in [0.05, 0.1) is 18.1 Å². The van der Waals surface area contributed by atoms with Gasteiger partial charge in [-0.2, -0.15) is 0 Å². The van der Waals surface area contributed by atoms with Crippen molar-refractivity contribution < 1.29 is 13.3 Å². The average molecular weight is 404 g/mol. The summed E-state index contributed by atoms with van der Waals surface area (Å²) >= 11 is 0. The third-order valence-electron chi connectivity index (χ3n) is 3.93. The van der Waals surface area contributed by atoms with Crippen LogP contribution in [0.25, 0.3) is 5.57 Å². The molecule has 0 aliphatic heterocycles. The van der Waals surface area contributed by atoms with Crippen LogP contribution in [0.5, 0.6) is 0 Å². The van der Waals surface area contributed by atoms with Gasteiger partial charge in [-0.1, -0.05) is 28.4 Å². The van der Waals surface area contributed by atoms with Crippen molar-refractivity contribution in [2.45, 2.75) is 34.1 Å². The number of aryl methyl sites for hydroxylation is 1.